The van der Waals surface area contributed by atoms with Gasteiger partial charge in [-0.05, 0) is 141 Å². The lowest BCUT2D eigenvalue weighted by Crippen LogP contribution is -2.37. The molecule has 0 radical (unpaired) electrons. The Hall–Kier alpha value is -4.22. The zero-order valence-corrected chi connectivity index (χ0v) is 37.3. The van der Waals surface area contributed by atoms with Crippen molar-refractivity contribution in [3.05, 3.63) is 168 Å². The molecule has 6 aromatic carbocycles. The number of benzene rings is 6. The maximum Gasteiger partial charge on any atom is 0.131 e. The van der Waals surface area contributed by atoms with Crippen LogP contribution in [0.4, 0.5) is 0 Å². The highest BCUT2D eigenvalue weighted by atomic mass is 31.1. The molecule has 2 aliphatic carbocycles. The number of phenolic OH excluding ortho intramolecular Hbond substituents is 1. The fourth-order valence-corrected chi connectivity index (χ4v) is 15.5. The van der Waals surface area contributed by atoms with Crippen LogP contribution < -0.4 is 36.6 Å². The van der Waals surface area contributed by atoms with E-state index in [0.717, 1.165) is 48.7 Å². The van der Waals surface area contributed by atoms with Crippen molar-refractivity contribution in [3.8, 4) is 11.5 Å². The molecule has 2 atom stereocenters. The van der Waals surface area contributed by atoms with Crippen LogP contribution >= 0.6 is 15.8 Å². The smallest absolute Gasteiger partial charge is 0.131 e. The second kappa shape index (κ2) is 19.7. The minimum atomic E-state index is -0.939. The number of aromatic hydroxyl groups is 1. The maximum atomic E-state index is 12.6. The minimum Gasteiger partial charge on any atom is -0.507 e. The first-order valence-electron chi connectivity index (χ1n) is 23.1. The Morgan fingerprint density at radius 1 is 0.533 bits per heavy atom. The lowest BCUT2D eigenvalue weighted by molar-refractivity contribution is 0.0999. The molecule has 0 bridgehead atoms. The van der Waals surface area contributed by atoms with Gasteiger partial charge in [-0.3, -0.25) is 0 Å². The molecule has 0 aromatic heterocycles. The zero-order valence-electron chi connectivity index (χ0n) is 35.5. The molecular formula is C56H62O2P2. The number of phenols is 1. The quantitative estimate of drug-likeness (QED) is 0.118. The van der Waals surface area contributed by atoms with Gasteiger partial charge in [-0.1, -0.05) is 185 Å². The monoisotopic (exact) mass is 828 g/mol. The van der Waals surface area contributed by atoms with Gasteiger partial charge in [-0.2, -0.15) is 0 Å². The molecule has 6 aromatic rings. The maximum absolute atomic E-state index is 12.6. The van der Waals surface area contributed by atoms with E-state index in [2.05, 4.69) is 153 Å². The Balaban J connectivity index is 1.11. The van der Waals surface area contributed by atoms with Gasteiger partial charge >= 0.3 is 0 Å². The molecule has 0 spiro atoms. The van der Waals surface area contributed by atoms with Crippen molar-refractivity contribution in [3.63, 3.8) is 0 Å². The molecule has 308 valence electrons. The van der Waals surface area contributed by atoms with Crippen molar-refractivity contribution >= 4 is 47.7 Å². The SMILES string of the molecule is CCCC1Cc2cc(C3CCCCC3)cc(P(c3ccccc3)c3ccccc3)c2OC1CCc1cc(C2CCCCC2)cc(P(c2ccccc2)c2ccccc2)c1O. The summed E-state index contributed by atoms with van der Waals surface area (Å²) in [6.07, 6.45) is 18.1. The summed E-state index contributed by atoms with van der Waals surface area (Å²) in [4.78, 5) is 0. The van der Waals surface area contributed by atoms with Gasteiger partial charge in [0.05, 0.1) is 0 Å². The largest absolute Gasteiger partial charge is 0.507 e. The summed E-state index contributed by atoms with van der Waals surface area (Å²) in [6, 6.07) is 54.2. The minimum absolute atomic E-state index is 0.0751. The van der Waals surface area contributed by atoms with Crippen LogP contribution in [0.15, 0.2) is 146 Å². The van der Waals surface area contributed by atoms with E-state index in [9.17, 15) is 5.11 Å². The molecule has 9 rings (SSSR count). The van der Waals surface area contributed by atoms with Gasteiger partial charge in [-0.25, -0.2) is 0 Å². The third kappa shape index (κ3) is 9.18. The van der Waals surface area contributed by atoms with Crippen LogP contribution in [0.2, 0.25) is 0 Å². The standard InChI is InChI=1S/C56H62O2P2/c1-2-21-43-36-47-38-46(42-24-11-4-12-25-42)40-54(60(50-30-17-7-18-31-50)51-32-19-8-20-33-51)56(47)58-52(43)35-34-44-37-45(41-22-9-3-10-23-41)39-53(55(44)57)59(48-26-13-5-14-27-48)49-28-15-6-16-29-49/h5-8,13-20,26-33,37-43,52,57H,2-4,9-12,21-25,34-36H2,1H3. The molecule has 2 nitrogen and oxygen atoms in total. The summed E-state index contributed by atoms with van der Waals surface area (Å²) < 4.78 is 7.56. The van der Waals surface area contributed by atoms with Crippen LogP contribution in [0.5, 0.6) is 11.5 Å². The van der Waals surface area contributed by atoms with Gasteiger partial charge in [0, 0.05) is 10.6 Å². The highest BCUT2D eigenvalue weighted by Crippen LogP contribution is 2.46. The Labute approximate surface area is 362 Å². The molecule has 60 heavy (non-hydrogen) atoms. The predicted octanol–water partition coefficient (Wildman–Crippen LogP) is 12.4. The van der Waals surface area contributed by atoms with E-state index < -0.39 is 15.8 Å². The third-order valence-corrected chi connectivity index (χ3v) is 18.6. The van der Waals surface area contributed by atoms with E-state index in [1.165, 1.54) is 107 Å². The number of rotatable bonds is 13. The van der Waals surface area contributed by atoms with Crippen molar-refractivity contribution in [2.24, 2.45) is 5.92 Å². The lowest BCUT2D eigenvalue weighted by Gasteiger charge is -2.37. The summed E-state index contributed by atoms with van der Waals surface area (Å²) in [5.74, 6) is 3.24. The number of hydrogen-bond donors (Lipinski definition) is 1. The number of ether oxygens (including phenoxy) is 1. The van der Waals surface area contributed by atoms with Gasteiger partial charge in [-0.15, -0.1) is 0 Å². The number of fused-ring (bicyclic) bond motifs is 1. The Morgan fingerprint density at radius 3 is 1.47 bits per heavy atom. The molecular weight excluding hydrogens is 767 g/mol. The van der Waals surface area contributed by atoms with Crippen LogP contribution in [0.1, 0.15) is 124 Å². The first-order valence-corrected chi connectivity index (χ1v) is 25.8. The van der Waals surface area contributed by atoms with E-state index in [4.69, 9.17) is 4.74 Å². The molecule has 2 saturated carbocycles. The van der Waals surface area contributed by atoms with Gasteiger partial charge in [0.25, 0.3) is 0 Å². The molecule has 1 heterocycles. The average molecular weight is 829 g/mol. The first kappa shape index (κ1) is 41.1. The van der Waals surface area contributed by atoms with E-state index in [1.807, 2.05) is 0 Å². The Morgan fingerprint density at radius 2 is 0.983 bits per heavy atom. The predicted molar refractivity (Wildman–Crippen MR) is 258 cm³/mol. The topological polar surface area (TPSA) is 29.5 Å². The van der Waals surface area contributed by atoms with Crippen LogP contribution in [-0.2, 0) is 12.8 Å². The van der Waals surface area contributed by atoms with Crippen molar-refractivity contribution in [2.75, 3.05) is 0 Å². The van der Waals surface area contributed by atoms with Crippen LogP contribution in [0.25, 0.3) is 0 Å². The molecule has 2 fully saturated rings. The van der Waals surface area contributed by atoms with E-state index in [-0.39, 0.29) is 6.10 Å². The second-order valence-electron chi connectivity index (χ2n) is 17.7. The summed E-state index contributed by atoms with van der Waals surface area (Å²) in [6.45, 7) is 2.34. The molecule has 4 heteroatoms. The molecule has 2 unspecified atom stereocenters. The van der Waals surface area contributed by atoms with E-state index >= 15 is 0 Å². The fourth-order valence-electron chi connectivity index (χ4n) is 10.6. The molecule has 0 saturated heterocycles. The third-order valence-electron chi connectivity index (χ3n) is 13.7. The highest BCUT2D eigenvalue weighted by Gasteiger charge is 2.35. The van der Waals surface area contributed by atoms with Crippen LogP contribution in [-0.4, -0.2) is 11.2 Å². The van der Waals surface area contributed by atoms with Crippen LogP contribution in [0.3, 0.4) is 0 Å². The van der Waals surface area contributed by atoms with Crippen molar-refractivity contribution < 1.29 is 9.84 Å². The fraction of sp³-hybridized carbons (Fsp3) is 0.357. The van der Waals surface area contributed by atoms with Gasteiger partial charge in [0.15, 0.2) is 0 Å². The normalized spacial score (nSPS) is 18.6. The second-order valence-corrected chi connectivity index (χ2v) is 22.1. The molecule has 1 aliphatic heterocycles. The van der Waals surface area contributed by atoms with Crippen molar-refractivity contribution in [1.29, 1.82) is 0 Å². The first-order chi connectivity index (χ1) is 29.6. The van der Waals surface area contributed by atoms with Gasteiger partial charge in [0.1, 0.15) is 17.6 Å². The molecule has 1 N–H and O–H groups in total. The van der Waals surface area contributed by atoms with Crippen molar-refractivity contribution in [1.82, 2.24) is 0 Å². The van der Waals surface area contributed by atoms with Gasteiger partial charge in [0.2, 0.25) is 0 Å². The zero-order chi connectivity index (χ0) is 40.7. The summed E-state index contributed by atoms with van der Waals surface area (Å²) >= 11 is 0. The number of hydrogen-bond acceptors (Lipinski definition) is 2. The summed E-state index contributed by atoms with van der Waals surface area (Å²) in [5.41, 5.74) is 5.47. The highest BCUT2D eigenvalue weighted by molar-refractivity contribution is 7.80. The molecule has 3 aliphatic rings. The summed E-state index contributed by atoms with van der Waals surface area (Å²) in [7, 11) is -1.77. The van der Waals surface area contributed by atoms with E-state index in [1.54, 1.807) is 0 Å². The van der Waals surface area contributed by atoms with Crippen molar-refractivity contribution in [2.45, 2.75) is 121 Å². The van der Waals surface area contributed by atoms with Crippen LogP contribution in [0, 0.1) is 5.92 Å². The molecule has 0 amide bonds. The average Bonchev–Trinajstić information content (AvgIpc) is 3.31. The Kier molecular flexibility index (Phi) is 13.5. The van der Waals surface area contributed by atoms with E-state index in [0.29, 0.717) is 23.5 Å². The lowest BCUT2D eigenvalue weighted by atomic mass is 9.80. The Bertz CT molecular complexity index is 2200. The summed E-state index contributed by atoms with van der Waals surface area (Å²) in [5, 5.41) is 20.4. The number of aryl methyl sites for hydroxylation is 1. The van der Waals surface area contributed by atoms with Gasteiger partial charge < -0.3 is 9.84 Å².